The van der Waals surface area contributed by atoms with Gasteiger partial charge in [0.25, 0.3) is 0 Å². The lowest BCUT2D eigenvalue weighted by atomic mass is 10.2. The Bertz CT molecular complexity index is 331. The molecule has 0 aliphatic heterocycles. The molecule has 0 heterocycles. The van der Waals surface area contributed by atoms with Gasteiger partial charge in [0.2, 0.25) is 0 Å². The molecule has 1 amide bonds. The number of hydrogen-bond acceptors (Lipinski definition) is 2. The summed E-state index contributed by atoms with van der Waals surface area (Å²) in [6, 6.07) is 3.59. The highest BCUT2D eigenvalue weighted by molar-refractivity contribution is 5.80. The smallest absolute Gasteiger partial charge is 0.416 e. The lowest BCUT2D eigenvalue weighted by Crippen LogP contribution is -2.28. The van der Waals surface area contributed by atoms with Gasteiger partial charge in [-0.25, -0.2) is 0 Å². The normalized spacial score (nSPS) is 11.1. The predicted octanol–water partition coefficient (Wildman–Crippen LogP) is 1.46. The minimum atomic E-state index is -4.42. The number of carbonyl (C=O) groups is 1. The van der Waals surface area contributed by atoms with E-state index in [0.29, 0.717) is 0 Å². The van der Waals surface area contributed by atoms with Crippen molar-refractivity contribution in [1.82, 2.24) is 0 Å². The monoisotopic (exact) mass is 204 g/mol. The standard InChI is InChI=1S/C8H6F3NO2/c9-8(10,11)5-1-3-6(4-2-5)12-7(13)14/h1-4,12H,(H,13,14)/p-1. The summed E-state index contributed by atoms with van der Waals surface area (Å²) < 4.78 is 36.1. The Morgan fingerprint density at radius 3 is 2.07 bits per heavy atom. The van der Waals surface area contributed by atoms with Gasteiger partial charge in [-0.15, -0.1) is 0 Å². The maximum Gasteiger partial charge on any atom is 0.416 e. The van der Waals surface area contributed by atoms with Crippen LogP contribution in [0.5, 0.6) is 0 Å². The van der Waals surface area contributed by atoms with Crippen LogP contribution in [0.1, 0.15) is 5.56 Å². The number of hydrogen-bond donors (Lipinski definition) is 1. The third-order valence-electron chi connectivity index (χ3n) is 1.46. The van der Waals surface area contributed by atoms with Gasteiger partial charge in [-0.3, -0.25) is 0 Å². The molecule has 6 heteroatoms. The molecule has 76 valence electrons. The molecular formula is C8H5F3NO2-. The Morgan fingerprint density at radius 1 is 1.21 bits per heavy atom. The van der Waals surface area contributed by atoms with E-state index in [9.17, 15) is 23.1 Å². The number of amides is 1. The molecule has 0 bridgehead atoms. The van der Waals surface area contributed by atoms with Crippen LogP contribution in [0.2, 0.25) is 0 Å². The van der Waals surface area contributed by atoms with E-state index in [1.165, 1.54) is 0 Å². The molecule has 0 aromatic heterocycles. The van der Waals surface area contributed by atoms with E-state index < -0.39 is 17.8 Å². The zero-order valence-corrected chi connectivity index (χ0v) is 6.76. The molecule has 0 aliphatic carbocycles. The van der Waals surface area contributed by atoms with Crippen molar-refractivity contribution in [3.05, 3.63) is 29.8 Å². The van der Waals surface area contributed by atoms with Crippen LogP contribution in [0.4, 0.5) is 23.7 Å². The Labute approximate surface area is 77.2 Å². The minimum absolute atomic E-state index is 0.0398. The van der Waals surface area contributed by atoms with Crippen molar-refractivity contribution in [3.8, 4) is 0 Å². The first-order valence-corrected chi connectivity index (χ1v) is 3.55. The summed E-state index contributed by atoms with van der Waals surface area (Å²) in [6.45, 7) is 0. The van der Waals surface area contributed by atoms with E-state index in [0.717, 1.165) is 24.3 Å². The molecule has 0 unspecified atom stereocenters. The molecule has 1 N–H and O–H groups in total. The topological polar surface area (TPSA) is 52.2 Å². The van der Waals surface area contributed by atoms with Crippen LogP contribution < -0.4 is 10.4 Å². The van der Waals surface area contributed by atoms with Crippen LogP contribution in [-0.2, 0) is 6.18 Å². The Hall–Kier alpha value is -1.72. The van der Waals surface area contributed by atoms with Crippen molar-refractivity contribution in [2.45, 2.75) is 6.18 Å². The van der Waals surface area contributed by atoms with Crippen molar-refractivity contribution in [2.24, 2.45) is 0 Å². The average molecular weight is 204 g/mol. The Balaban J connectivity index is 2.84. The number of carboxylic acid groups (broad SMARTS) is 1. The number of halogens is 3. The van der Waals surface area contributed by atoms with E-state index in [2.05, 4.69) is 0 Å². The Kier molecular flexibility index (Phi) is 2.64. The third kappa shape index (κ3) is 2.65. The third-order valence-corrected chi connectivity index (χ3v) is 1.46. The second-order valence-electron chi connectivity index (χ2n) is 2.49. The van der Waals surface area contributed by atoms with Gasteiger partial charge < -0.3 is 15.2 Å². The maximum atomic E-state index is 12.0. The molecule has 0 fully saturated rings. The number of nitrogens with one attached hydrogen (secondary N) is 1. The van der Waals surface area contributed by atoms with Gasteiger partial charge in [0.1, 0.15) is 6.09 Å². The fraction of sp³-hybridized carbons (Fsp3) is 0.125. The zero-order chi connectivity index (χ0) is 10.8. The molecule has 3 nitrogen and oxygen atoms in total. The fourth-order valence-electron chi connectivity index (χ4n) is 0.860. The van der Waals surface area contributed by atoms with Crippen molar-refractivity contribution in [1.29, 1.82) is 0 Å². The molecule has 0 aliphatic rings. The predicted molar refractivity (Wildman–Crippen MR) is 40.5 cm³/mol. The summed E-state index contributed by atoms with van der Waals surface area (Å²) >= 11 is 0. The first-order chi connectivity index (χ1) is 6.39. The second-order valence-corrected chi connectivity index (χ2v) is 2.49. The molecule has 0 spiro atoms. The van der Waals surface area contributed by atoms with Gasteiger partial charge in [-0.05, 0) is 24.3 Å². The van der Waals surface area contributed by atoms with Gasteiger partial charge in [0.05, 0.1) is 5.56 Å². The van der Waals surface area contributed by atoms with Crippen LogP contribution in [0, 0.1) is 0 Å². The largest absolute Gasteiger partial charge is 0.530 e. The lowest BCUT2D eigenvalue weighted by molar-refractivity contribution is -0.242. The maximum absolute atomic E-state index is 12.0. The molecule has 1 rings (SSSR count). The average Bonchev–Trinajstić information content (AvgIpc) is 2.02. The number of benzene rings is 1. The van der Waals surface area contributed by atoms with Gasteiger partial charge >= 0.3 is 6.18 Å². The summed E-state index contributed by atoms with van der Waals surface area (Å²) in [7, 11) is 0. The molecule has 0 saturated carbocycles. The van der Waals surface area contributed by atoms with Crippen molar-refractivity contribution >= 4 is 11.8 Å². The van der Waals surface area contributed by atoms with Gasteiger partial charge in [0.15, 0.2) is 0 Å². The molecule has 0 radical (unpaired) electrons. The van der Waals surface area contributed by atoms with Crippen LogP contribution in [0.15, 0.2) is 24.3 Å². The van der Waals surface area contributed by atoms with Gasteiger partial charge in [0, 0.05) is 5.69 Å². The first-order valence-electron chi connectivity index (χ1n) is 3.55. The van der Waals surface area contributed by atoms with E-state index in [-0.39, 0.29) is 5.69 Å². The van der Waals surface area contributed by atoms with E-state index in [1.807, 2.05) is 5.32 Å². The van der Waals surface area contributed by atoms with Crippen molar-refractivity contribution < 1.29 is 23.1 Å². The van der Waals surface area contributed by atoms with E-state index in [4.69, 9.17) is 0 Å². The van der Waals surface area contributed by atoms with Gasteiger partial charge in [-0.1, -0.05) is 0 Å². The van der Waals surface area contributed by atoms with Crippen LogP contribution in [0.3, 0.4) is 0 Å². The highest BCUT2D eigenvalue weighted by Crippen LogP contribution is 2.29. The van der Waals surface area contributed by atoms with E-state index >= 15 is 0 Å². The molecule has 14 heavy (non-hydrogen) atoms. The zero-order valence-electron chi connectivity index (χ0n) is 6.76. The molecular weight excluding hydrogens is 199 g/mol. The Morgan fingerprint density at radius 2 is 1.71 bits per heavy atom. The number of carbonyl (C=O) groups excluding carboxylic acids is 1. The highest BCUT2D eigenvalue weighted by Gasteiger charge is 2.29. The van der Waals surface area contributed by atoms with Crippen LogP contribution in [-0.4, -0.2) is 6.09 Å². The summed E-state index contributed by atoms with van der Waals surface area (Å²) in [5.74, 6) is 0. The van der Waals surface area contributed by atoms with Crippen molar-refractivity contribution in [2.75, 3.05) is 5.32 Å². The molecule has 0 atom stereocenters. The minimum Gasteiger partial charge on any atom is -0.530 e. The molecule has 1 aromatic rings. The quantitative estimate of drug-likeness (QED) is 0.752. The van der Waals surface area contributed by atoms with Crippen LogP contribution >= 0.6 is 0 Å². The lowest BCUT2D eigenvalue weighted by Gasteiger charge is -2.09. The number of rotatable bonds is 1. The van der Waals surface area contributed by atoms with Crippen LogP contribution in [0.25, 0.3) is 0 Å². The van der Waals surface area contributed by atoms with E-state index in [1.54, 1.807) is 0 Å². The second kappa shape index (κ2) is 3.57. The summed E-state index contributed by atoms with van der Waals surface area (Å²) in [4.78, 5) is 10.0. The summed E-state index contributed by atoms with van der Waals surface area (Å²) in [5.41, 5.74) is -0.792. The first kappa shape index (κ1) is 10.4. The number of anilines is 1. The summed E-state index contributed by atoms with van der Waals surface area (Å²) in [5, 5.41) is 11.8. The van der Waals surface area contributed by atoms with Crippen molar-refractivity contribution in [3.63, 3.8) is 0 Å². The SMILES string of the molecule is O=C([O-])Nc1ccc(C(F)(F)F)cc1. The highest BCUT2D eigenvalue weighted by atomic mass is 19.4. The van der Waals surface area contributed by atoms with Gasteiger partial charge in [-0.2, -0.15) is 13.2 Å². The molecule has 1 aromatic carbocycles. The number of alkyl halides is 3. The fourth-order valence-corrected chi connectivity index (χ4v) is 0.860. The molecule has 0 saturated heterocycles. The summed E-state index contributed by atoms with van der Waals surface area (Å²) in [6.07, 6.45) is -5.98.